The van der Waals surface area contributed by atoms with Crippen molar-refractivity contribution in [3.63, 3.8) is 0 Å². The van der Waals surface area contributed by atoms with Crippen LogP contribution < -0.4 is 10.6 Å². The summed E-state index contributed by atoms with van der Waals surface area (Å²) in [4.78, 5) is 12.0. The second-order valence-electron chi connectivity index (χ2n) is 5.96. The van der Waals surface area contributed by atoms with Crippen LogP contribution in [0.3, 0.4) is 0 Å². The summed E-state index contributed by atoms with van der Waals surface area (Å²) in [7, 11) is 0. The third-order valence-corrected chi connectivity index (χ3v) is 6.07. The maximum atomic E-state index is 12.0. The number of carbonyl (C=O) groups is 1. The number of nitrogens with zero attached hydrogens (tertiary/aromatic N) is 2. The van der Waals surface area contributed by atoms with Crippen molar-refractivity contribution in [2.75, 3.05) is 11.1 Å². The molecule has 0 unspecified atom stereocenters. The molecular weight excluding hydrogens is 400 g/mol. The van der Waals surface area contributed by atoms with E-state index in [0.717, 1.165) is 31.8 Å². The average Bonchev–Trinajstić information content (AvgIpc) is 3.10. The lowest BCUT2D eigenvalue weighted by Crippen LogP contribution is -2.24. The molecule has 0 fully saturated rings. The summed E-state index contributed by atoms with van der Waals surface area (Å²) >= 11 is 8.67. The van der Waals surface area contributed by atoms with Gasteiger partial charge in [0.15, 0.2) is 4.34 Å². The van der Waals surface area contributed by atoms with Crippen LogP contribution in [0.15, 0.2) is 46.8 Å². The molecule has 8 heteroatoms. The van der Waals surface area contributed by atoms with Crippen molar-refractivity contribution in [1.29, 1.82) is 0 Å². The smallest absolute Gasteiger partial charge is 0.230 e. The van der Waals surface area contributed by atoms with E-state index in [4.69, 9.17) is 11.6 Å². The highest BCUT2D eigenvalue weighted by molar-refractivity contribution is 8.01. The Morgan fingerprint density at radius 2 is 1.81 bits per heavy atom. The molecule has 3 aromatic rings. The first-order chi connectivity index (χ1) is 13.0. The molecule has 5 nitrogen and oxygen atoms in total. The van der Waals surface area contributed by atoms with Gasteiger partial charge < -0.3 is 10.6 Å². The largest absolute Gasteiger partial charge is 0.351 e. The highest BCUT2D eigenvalue weighted by Crippen LogP contribution is 2.30. The van der Waals surface area contributed by atoms with Gasteiger partial charge in [-0.3, -0.25) is 4.79 Å². The zero-order valence-corrected chi connectivity index (χ0v) is 17.3. The van der Waals surface area contributed by atoms with Crippen molar-refractivity contribution in [2.45, 2.75) is 24.7 Å². The Bertz CT molecular complexity index is 907. The Balaban J connectivity index is 1.49. The van der Waals surface area contributed by atoms with E-state index in [2.05, 4.69) is 46.8 Å². The molecule has 1 heterocycles. The molecule has 0 spiro atoms. The fraction of sp³-hybridized carbons (Fsp3) is 0.211. The Kier molecular flexibility index (Phi) is 6.71. The first-order valence-corrected chi connectivity index (χ1v) is 10.5. The van der Waals surface area contributed by atoms with Crippen LogP contribution in [0.4, 0.5) is 10.8 Å². The highest BCUT2D eigenvalue weighted by Gasteiger charge is 2.10. The Labute approximate surface area is 171 Å². The number of hydrogen-bond donors (Lipinski definition) is 2. The number of amides is 1. The molecule has 0 saturated heterocycles. The number of benzene rings is 2. The molecule has 1 amide bonds. The van der Waals surface area contributed by atoms with Crippen LogP contribution in [0.25, 0.3) is 0 Å². The predicted octanol–water partition coefficient (Wildman–Crippen LogP) is 4.96. The van der Waals surface area contributed by atoms with Gasteiger partial charge in [0.2, 0.25) is 11.0 Å². The summed E-state index contributed by atoms with van der Waals surface area (Å²) in [6.45, 7) is 4.58. The molecule has 27 heavy (non-hydrogen) atoms. The monoisotopic (exact) mass is 418 g/mol. The van der Waals surface area contributed by atoms with Gasteiger partial charge >= 0.3 is 0 Å². The summed E-state index contributed by atoms with van der Waals surface area (Å²) in [5.41, 5.74) is 4.36. The van der Waals surface area contributed by atoms with Crippen molar-refractivity contribution in [2.24, 2.45) is 0 Å². The SMILES string of the molecule is Cc1cccc(C)c1Nc1nnc(SCC(=O)NCc2ccc(Cl)cc2)s1. The number of anilines is 2. The summed E-state index contributed by atoms with van der Waals surface area (Å²) in [5, 5.41) is 15.9. The Morgan fingerprint density at radius 3 is 2.52 bits per heavy atom. The molecule has 3 rings (SSSR count). The lowest BCUT2D eigenvalue weighted by molar-refractivity contribution is -0.118. The van der Waals surface area contributed by atoms with Gasteiger partial charge in [0, 0.05) is 17.3 Å². The van der Waals surface area contributed by atoms with Gasteiger partial charge in [0.05, 0.1) is 5.75 Å². The maximum absolute atomic E-state index is 12.0. The summed E-state index contributed by atoms with van der Waals surface area (Å²) < 4.78 is 0.755. The van der Waals surface area contributed by atoms with E-state index in [9.17, 15) is 4.79 Å². The Morgan fingerprint density at radius 1 is 1.11 bits per heavy atom. The van der Waals surface area contributed by atoms with Gasteiger partial charge in [-0.2, -0.15) is 0 Å². The third kappa shape index (κ3) is 5.69. The first kappa shape index (κ1) is 19.7. The van der Waals surface area contributed by atoms with Gasteiger partial charge in [-0.05, 0) is 42.7 Å². The molecule has 2 aromatic carbocycles. The van der Waals surface area contributed by atoms with Crippen molar-refractivity contribution in [1.82, 2.24) is 15.5 Å². The third-order valence-electron chi connectivity index (χ3n) is 3.85. The van der Waals surface area contributed by atoms with Gasteiger partial charge in [-0.25, -0.2) is 0 Å². The molecular formula is C19H19ClN4OS2. The standard InChI is InChI=1S/C19H19ClN4OS2/c1-12-4-3-5-13(2)17(12)22-18-23-24-19(27-18)26-11-16(25)21-10-14-6-8-15(20)9-7-14/h3-9H,10-11H2,1-2H3,(H,21,25)(H,22,23). The van der Waals surface area contributed by atoms with E-state index in [-0.39, 0.29) is 5.91 Å². The van der Waals surface area contributed by atoms with E-state index in [1.807, 2.05) is 30.3 Å². The molecule has 0 aliphatic heterocycles. The minimum atomic E-state index is -0.0468. The van der Waals surface area contributed by atoms with Crippen molar-refractivity contribution >= 4 is 51.4 Å². The lowest BCUT2D eigenvalue weighted by atomic mass is 10.1. The van der Waals surface area contributed by atoms with E-state index in [1.165, 1.54) is 23.1 Å². The van der Waals surface area contributed by atoms with Gasteiger partial charge in [-0.1, -0.05) is 65.0 Å². The summed E-state index contributed by atoms with van der Waals surface area (Å²) in [6, 6.07) is 13.5. The zero-order chi connectivity index (χ0) is 19.2. The van der Waals surface area contributed by atoms with E-state index in [0.29, 0.717) is 17.3 Å². The van der Waals surface area contributed by atoms with Crippen molar-refractivity contribution in [3.8, 4) is 0 Å². The molecule has 0 saturated carbocycles. The number of aryl methyl sites for hydroxylation is 2. The molecule has 0 radical (unpaired) electrons. The number of carbonyl (C=O) groups excluding carboxylic acids is 1. The normalized spacial score (nSPS) is 10.6. The highest BCUT2D eigenvalue weighted by atomic mass is 35.5. The summed E-state index contributed by atoms with van der Waals surface area (Å²) in [6.07, 6.45) is 0. The van der Waals surface area contributed by atoms with Gasteiger partial charge in [0.25, 0.3) is 0 Å². The van der Waals surface area contributed by atoms with Gasteiger partial charge in [0.1, 0.15) is 0 Å². The van der Waals surface area contributed by atoms with Crippen LogP contribution in [-0.4, -0.2) is 21.9 Å². The Hall–Kier alpha value is -2.09. The van der Waals surface area contributed by atoms with Crippen LogP contribution in [0.2, 0.25) is 5.02 Å². The number of halogens is 1. The summed E-state index contributed by atoms with van der Waals surface area (Å²) in [5.74, 6) is 0.250. The topological polar surface area (TPSA) is 66.9 Å². The molecule has 140 valence electrons. The second kappa shape index (κ2) is 9.21. The van der Waals surface area contributed by atoms with E-state index < -0.39 is 0 Å². The number of nitrogens with one attached hydrogen (secondary N) is 2. The number of para-hydroxylation sites is 1. The quantitative estimate of drug-likeness (QED) is 0.531. The van der Waals surface area contributed by atoms with Crippen LogP contribution in [0.1, 0.15) is 16.7 Å². The number of rotatable bonds is 7. The first-order valence-electron chi connectivity index (χ1n) is 8.32. The molecule has 1 aromatic heterocycles. The minimum absolute atomic E-state index is 0.0468. The molecule has 0 aliphatic carbocycles. The maximum Gasteiger partial charge on any atom is 0.230 e. The average molecular weight is 419 g/mol. The van der Waals surface area contributed by atoms with Crippen molar-refractivity contribution < 1.29 is 4.79 Å². The van der Waals surface area contributed by atoms with Gasteiger partial charge in [-0.15, -0.1) is 10.2 Å². The van der Waals surface area contributed by atoms with Crippen LogP contribution in [0.5, 0.6) is 0 Å². The number of aromatic nitrogens is 2. The predicted molar refractivity (Wildman–Crippen MR) is 113 cm³/mol. The van der Waals surface area contributed by atoms with Crippen LogP contribution in [0, 0.1) is 13.8 Å². The van der Waals surface area contributed by atoms with Crippen LogP contribution >= 0.6 is 34.7 Å². The van der Waals surface area contributed by atoms with E-state index in [1.54, 1.807) is 0 Å². The number of hydrogen-bond acceptors (Lipinski definition) is 6. The fourth-order valence-corrected chi connectivity index (χ4v) is 4.13. The minimum Gasteiger partial charge on any atom is -0.351 e. The van der Waals surface area contributed by atoms with Crippen LogP contribution in [-0.2, 0) is 11.3 Å². The van der Waals surface area contributed by atoms with Crippen molar-refractivity contribution in [3.05, 3.63) is 64.2 Å². The number of thioether (sulfide) groups is 1. The molecule has 2 N–H and O–H groups in total. The second-order valence-corrected chi connectivity index (χ2v) is 8.59. The molecule has 0 aliphatic rings. The molecule has 0 bridgehead atoms. The fourth-order valence-electron chi connectivity index (χ4n) is 2.42. The lowest BCUT2D eigenvalue weighted by Gasteiger charge is -2.09. The molecule has 0 atom stereocenters. The zero-order valence-electron chi connectivity index (χ0n) is 15.0. The van der Waals surface area contributed by atoms with E-state index >= 15 is 0 Å².